The fourth-order valence-electron chi connectivity index (χ4n) is 0.774. The first kappa shape index (κ1) is 12.2. The molecule has 0 aromatic heterocycles. The van der Waals surface area contributed by atoms with E-state index in [-0.39, 0.29) is 12.8 Å². The van der Waals surface area contributed by atoms with Crippen molar-refractivity contribution in [2.24, 2.45) is 5.73 Å². The Bertz CT molecular complexity index is 241. The number of nitrogens with two attached hydrogens (primary N) is 1. The molecule has 0 aromatic rings. The van der Waals surface area contributed by atoms with Crippen LogP contribution in [0, 0.1) is 0 Å². The van der Waals surface area contributed by atoms with Crippen LogP contribution in [0.15, 0.2) is 0 Å². The molecule has 0 aliphatic rings. The van der Waals surface area contributed by atoms with Gasteiger partial charge in [-0.1, -0.05) is 0 Å². The fourth-order valence-corrected chi connectivity index (χ4v) is 0.774. The molecule has 7 heteroatoms. The molecule has 3 amide bonds. The molecule has 0 saturated carbocycles. The van der Waals surface area contributed by atoms with E-state index in [1.807, 2.05) is 0 Å². The highest BCUT2D eigenvalue weighted by molar-refractivity contribution is 5.83. The molecule has 0 aromatic carbocycles. The molecular weight excluding hydrogens is 190 g/mol. The van der Waals surface area contributed by atoms with Crippen molar-refractivity contribution in [3.8, 4) is 0 Å². The number of primary amides is 1. The first-order valence-electron chi connectivity index (χ1n) is 3.96. The number of amides is 3. The molecule has 80 valence electrons. The second kappa shape index (κ2) is 5.79. The summed E-state index contributed by atoms with van der Waals surface area (Å²) < 4.78 is 0. The predicted molar refractivity (Wildman–Crippen MR) is 47.4 cm³/mol. The highest BCUT2D eigenvalue weighted by atomic mass is 16.4. The summed E-state index contributed by atoms with van der Waals surface area (Å²) in [4.78, 5) is 31.7. The molecular formula is C7H13N3O4. The van der Waals surface area contributed by atoms with Gasteiger partial charge in [0.25, 0.3) is 0 Å². The van der Waals surface area contributed by atoms with Crippen LogP contribution in [0.5, 0.6) is 0 Å². The molecule has 0 saturated heterocycles. The van der Waals surface area contributed by atoms with Crippen molar-refractivity contribution >= 4 is 17.9 Å². The SMILES string of the molecule is CNC(=O)N[C@@H](CCC(N)=O)C(=O)O. The summed E-state index contributed by atoms with van der Waals surface area (Å²) in [6.45, 7) is 0. The van der Waals surface area contributed by atoms with E-state index in [0.29, 0.717) is 0 Å². The number of hydrogen-bond donors (Lipinski definition) is 4. The summed E-state index contributed by atoms with van der Waals surface area (Å²) in [6.07, 6.45) is -0.0982. The maximum absolute atomic E-state index is 10.8. The number of rotatable bonds is 5. The summed E-state index contributed by atoms with van der Waals surface area (Å²) in [7, 11) is 1.36. The Morgan fingerprint density at radius 3 is 2.36 bits per heavy atom. The van der Waals surface area contributed by atoms with Crippen molar-refractivity contribution in [3.05, 3.63) is 0 Å². The number of carbonyl (C=O) groups excluding carboxylic acids is 2. The number of carboxylic acids is 1. The third-order valence-electron chi connectivity index (χ3n) is 1.51. The molecule has 1 atom stereocenters. The molecule has 5 N–H and O–H groups in total. The van der Waals surface area contributed by atoms with Crippen LogP contribution in [0.2, 0.25) is 0 Å². The van der Waals surface area contributed by atoms with Crippen LogP contribution in [-0.2, 0) is 9.59 Å². The summed E-state index contributed by atoms with van der Waals surface area (Å²) >= 11 is 0. The molecule has 7 nitrogen and oxygen atoms in total. The summed E-state index contributed by atoms with van der Waals surface area (Å²) in [5.74, 6) is -1.80. The van der Waals surface area contributed by atoms with E-state index in [0.717, 1.165) is 0 Å². The molecule has 0 radical (unpaired) electrons. The number of hydrogen-bond acceptors (Lipinski definition) is 3. The highest BCUT2D eigenvalue weighted by Crippen LogP contribution is 1.96. The Hall–Kier alpha value is -1.79. The highest BCUT2D eigenvalue weighted by Gasteiger charge is 2.19. The van der Waals surface area contributed by atoms with Gasteiger partial charge in [-0.3, -0.25) is 4.79 Å². The zero-order chi connectivity index (χ0) is 11.1. The van der Waals surface area contributed by atoms with E-state index in [1.165, 1.54) is 7.05 Å². The third-order valence-corrected chi connectivity index (χ3v) is 1.51. The number of aliphatic carboxylic acids is 1. The van der Waals surface area contributed by atoms with Crippen molar-refractivity contribution < 1.29 is 19.5 Å². The van der Waals surface area contributed by atoms with Gasteiger partial charge >= 0.3 is 12.0 Å². The number of urea groups is 1. The van der Waals surface area contributed by atoms with Gasteiger partial charge in [0.05, 0.1) is 0 Å². The van der Waals surface area contributed by atoms with Gasteiger partial charge in [-0.15, -0.1) is 0 Å². The third kappa shape index (κ3) is 4.96. The van der Waals surface area contributed by atoms with Crippen molar-refractivity contribution in [2.45, 2.75) is 18.9 Å². The average molecular weight is 203 g/mol. The van der Waals surface area contributed by atoms with Crippen molar-refractivity contribution in [3.63, 3.8) is 0 Å². The molecule has 0 aliphatic heterocycles. The minimum absolute atomic E-state index is 0.0158. The van der Waals surface area contributed by atoms with Gasteiger partial charge in [0, 0.05) is 13.5 Å². The van der Waals surface area contributed by atoms with Crippen LogP contribution in [0.4, 0.5) is 4.79 Å². The minimum atomic E-state index is -1.20. The molecule has 14 heavy (non-hydrogen) atoms. The second-order valence-electron chi connectivity index (χ2n) is 2.62. The Morgan fingerprint density at radius 2 is 2.00 bits per heavy atom. The lowest BCUT2D eigenvalue weighted by atomic mass is 10.1. The molecule has 0 unspecified atom stereocenters. The molecule has 0 heterocycles. The van der Waals surface area contributed by atoms with Gasteiger partial charge in [-0.05, 0) is 6.42 Å². The van der Waals surface area contributed by atoms with Gasteiger partial charge in [-0.25, -0.2) is 9.59 Å². The standard InChI is InChI=1S/C7H13N3O4/c1-9-7(14)10-4(6(12)13)2-3-5(8)11/h4H,2-3H2,1H3,(H2,8,11)(H,12,13)(H2,9,10,14)/t4-/m0/s1. The molecule has 0 aliphatic carbocycles. The van der Waals surface area contributed by atoms with Gasteiger partial charge in [0.1, 0.15) is 6.04 Å². The second-order valence-corrected chi connectivity index (χ2v) is 2.62. The van der Waals surface area contributed by atoms with E-state index in [4.69, 9.17) is 10.8 Å². The number of carbonyl (C=O) groups is 3. The topological polar surface area (TPSA) is 122 Å². The Labute approximate surface area is 80.6 Å². The van der Waals surface area contributed by atoms with Crippen LogP contribution in [0.3, 0.4) is 0 Å². The monoisotopic (exact) mass is 203 g/mol. The predicted octanol–water partition coefficient (Wildman–Crippen LogP) is -1.37. The fraction of sp³-hybridized carbons (Fsp3) is 0.571. The van der Waals surface area contributed by atoms with Crippen LogP contribution < -0.4 is 16.4 Å². The van der Waals surface area contributed by atoms with Gasteiger partial charge in [-0.2, -0.15) is 0 Å². The van der Waals surface area contributed by atoms with Crippen LogP contribution >= 0.6 is 0 Å². The zero-order valence-corrected chi connectivity index (χ0v) is 7.74. The molecule has 0 fully saturated rings. The number of nitrogens with one attached hydrogen (secondary N) is 2. The lowest BCUT2D eigenvalue weighted by Crippen LogP contribution is -2.45. The maximum Gasteiger partial charge on any atom is 0.326 e. The van der Waals surface area contributed by atoms with Gasteiger partial charge in [0.15, 0.2) is 0 Å². The molecule has 0 rings (SSSR count). The lowest BCUT2D eigenvalue weighted by molar-refractivity contribution is -0.139. The van der Waals surface area contributed by atoms with Crippen LogP contribution in [0.25, 0.3) is 0 Å². The maximum atomic E-state index is 10.8. The lowest BCUT2D eigenvalue weighted by Gasteiger charge is -2.12. The van der Waals surface area contributed by atoms with E-state index >= 15 is 0 Å². The zero-order valence-electron chi connectivity index (χ0n) is 7.74. The minimum Gasteiger partial charge on any atom is -0.480 e. The first-order chi connectivity index (χ1) is 6.47. The Balaban J connectivity index is 4.09. The summed E-state index contributed by atoms with van der Waals surface area (Å²) in [5, 5.41) is 13.0. The Kier molecular flexibility index (Phi) is 5.05. The summed E-state index contributed by atoms with van der Waals surface area (Å²) in [5.41, 5.74) is 4.84. The van der Waals surface area contributed by atoms with Crippen molar-refractivity contribution in [2.75, 3.05) is 7.05 Å². The quantitative estimate of drug-likeness (QED) is 0.440. The Morgan fingerprint density at radius 1 is 1.43 bits per heavy atom. The van der Waals surface area contributed by atoms with E-state index < -0.39 is 23.9 Å². The van der Waals surface area contributed by atoms with E-state index in [2.05, 4.69) is 10.6 Å². The van der Waals surface area contributed by atoms with Gasteiger partial charge in [0.2, 0.25) is 5.91 Å². The van der Waals surface area contributed by atoms with E-state index in [9.17, 15) is 14.4 Å². The summed E-state index contributed by atoms with van der Waals surface area (Å²) in [6, 6.07) is -1.70. The van der Waals surface area contributed by atoms with Gasteiger partial charge < -0.3 is 21.5 Å². The largest absolute Gasteiger partial charge is 0.480 e. The first-order valence-corrected chi connectivity index (χ1v) is 3.96. The number of carboxylic acid groups (broad SMARTS) is 1. The van der Waals surface area contributed by atoms with Crippen molar-refractivity contribution in [1.82, 2.24) is 10.6 Å². The normalized spacial score (nSPS) is 11.5. The van der Waals surface area contributed by atoms with Crippen LogP contribution in [0.1, 0.15) is 12.8 Å². The molecule has 0 spiro atoms. The van der Waals surface area contributed by atoms with E-state index in [1.54, 1.807) is 0 Å². The van der Waals surface area contributed by atoms with Crippen molar-refractivity contribution in [1.29, 1.82) is 0 Å². The smallest absolute Gasteiger partial charge is 0.326 e. The van der Waals surface area contributed by atoms with Crippen LogP contribution in [-0.4, -0.2) is 36.1 Å². The average Bonchev–Trinajstić information content (AvgIpc) is 2.10. The molecule has 0 bridgehead atoms.